The number of aliphatic carboxylic acids is 1. The molecule has 2 aromatic carbocycles. The van der Waals surface area contributed by atoms with Crippen molar-refractivity contribution >= 4 is 50.1 Å². The molecule has 7 nitrogen and oxygen atoms in total. The number of nitrogens with zero attached hydrogens (tertiary/aromatic N) is 2. The van der Waals surface area contributed by atoms with Gasteiger partial charge >= 0.3 is 12.3 Å². The van der Waals surface area contributed by atoms with E-state index in [9.17, 15) is 36.6 Å². The molecule has 2 heterocycles. The first-order valence-corrected chi connectivity index (χ1v) is 14.7. The van der Waals surface area contributed by atoms with Gasteiger partial charge in [0.1, 0.15) is 11.6 Å². The molecule has 1 aliphatic heterocycles. The Labute approximate surface area is 257 Å². The maximum absolute atomic E-state index is 14.3. The third kappa shape index (κ3) is 5.18. The SMILES string of the molecule is Cc1ccc(OC(F)(F)F)c(C2=CC3(C(=O)O)CCC2(NC(=O)c2c(C)c(N4CC(F)(F)C4)nc4ccc(Br)cc24)CC3)c1. The number of pyridine rings is 1. The summed E-state index contributed by atoms with van der Waals surface area (Å²) in [6.07, 6.45) is -2.95. The van der Waals surface area contributed by atoms with Crippen LogP contribution in [0.1, 0.15) is 52.7 Å². The molecule has 1 saturated carbocycles. The van der Waals surface area contributed by atoms with Crippen molar-refractivity contribution in [1.82, 2.24) is 10.3 Å². The lowest BCUT2D eigenvalue weighted by Crippen LogP contribution is -2.58. The monoisotopic (exact) mass is 679 g/mol. The average Bonchev–Trinajstić information content (AvgIpc) is 2.92. The van der Waals surface area contributed by atoms with Crippen LogP contribution in [0.3, 0.4) is 0 Å². The van der Waals surface area contributed by atoms with Crippen LogP contribution >= 0.6 is 15.9 Å². The zero-order chi connectivity index (χ0) is 31.8. The van der Waals surface area contributed by atoms with Gasteiger partial charge in [0.15, 0.2) is 0 Å². The number of benzene rings is 2. The number of fused-ring (bicyclic) bond motifs is 3. The Morgan fingerprint density at radius 1 is 1.05 bits per heavy atom. The highest BCUT2D eigenvalue weighted by atomic mass is 79.9. The second-order valence-corrected chi connectivity index (χ2v) is 12.8. The number of hydrogen-bond donors (Lipinski definition) is 2. The Hall–Kier alpha value is -3.74. The number of amides is 1. The summed E-state index contributed by atoms with van der Waals surface area (Å²) in [5, 5.41) is 13.7. The van der Waals surface area contributed by atoms with Gasteiger partial charge in [0.05, 0.1) is 35.1 Å². The molecule has 44 heavy (non-hydrogen) atoms. The van der Waals surface area contributed by atoms with E-state index in [1.54, 1.807) is 32.0 Å². The van der Waals surface area contributed by atoms with Gasteiger partial charge in [-0.1, -0.05) is 33.6 Å². The first-order chi connectivity index (χ1) is 20.5. The molecule has 3 aromatic rings. The Balaban J connectivity index is 1.49. The van der Waals surface area contributed by atoms with Crippen molar-refractivity contribution in [2.24, 2.45) is 5.41 Å². The summed E-state index contributed by atoms with van der Waals surface area (Å²) in [5.41, 5.74) is -0.715. The Morgan fingerprint density at radius 3 is 2.34 bits per heavy atom. The molecule has 13 heteroatoms. The van der Waals surface area contributed by atoms with E-state index < -0.39 is 54.0 Å². The predicted octanol–water partition coefficient (Wildman–Crippen LogP) is 7.18. The number of anilines is 1. The van der Waals surface area contributed by atoms with Crippen LogP contribution in [-0.2, 0) is 4.79 Å². The molecule has 232 valence electrons. The number of carboxylic acid groups (broad SMARTS) is 1. The van der Waals surface area contributed by atoms with Crippen LogP contribution in [0.15, 0.2) is 46.9 Å². The summed E-state index contributed by atoms with van der Waals surface area (Å²) in [4.78, 5) is 32.7. The molecule has 1 saturated heterocycles. The number of halogens is 6. The minimum Gasteiger partial charge on any atom is -0.481 e. The molecule has 2 fully saturated rings. The van der Waals surface area contributed by atoms with Gasteiger partial charge in [-0.3, -0.25) is 9.59 Å². The van der Waals surface area contributed by atoms with Crippen molar-refractivity contribution in [1.29, 1.82) is 0 Å². The van der Waals surface area contributed by atoms with Gasteiger partial charge in [-0.2, -0.15) is 0 Å². The van der Waals surface area contributed by atoms with Crippen LogP contribution in [0.2, 0.25) is 0 Å². The third-order valence-corrected chi connectivity index (χ3v) is 9.39. The summed E-state index contributed by atoms with van der Waals surface area (Å²) < 4.78 is 73.0. The number of hydrogen-bond acceptors (Lipinski definition) is 5. The molecule has 2 bridgehead atoms. The number of nitrogens with one attached hydrogen (secondary N) is 1. The Morgan fingerprint density at radius 2 is 1.73 bits per heavy atom. The average molecular weight is 680 g/mol. The molecule has 0 spiro atoms. The van der Waals surface area contributed by atoms with Crippen molar-refractivity contribution in [2.45, 2.75) is 57.4 Å². The van der Waals surface area contributed by atoms with Crippen molar-refractivity contribution in [2.75, 3.05) is 18.0 Å². The van der Waals surface area contributed by atoms with Gasteiger partial charge < -0.3 is 20.1 Å². The van der Waals surface area contributed by atoms with E-state index in [0.717, 1.165) is 0 Å². The first-order valence-electron chi connectivity index (χ1n) is 13.9. The van der Waals surface area contributed by atoms with Crippen molar-refractivity contribution in [3.63, 3.8) is 0 Å². The highest BCUT2D eigenvalue weighted by Gasteiger charge is 2.55. The summed E-state index contributed by atoms with van der Waals surface area (Å²) in [7, 11) is 0. The van der Waals surface area contributed by atoms with Gasteiger partial charge in [-0.15, -0.1) is 13.2 Å². The maximum Gasteiger partial charge on any atom is 0.573 e. The molecule has 2 N–H and O–H groups in total. The number of carboxylic acids is 1. The van der Waals surface area contributed by atoms with E-state index in [0.29, 0.717) is 26.5 Å². The van der Waals surface area contributed by atoms with Crippen LogP contribution < -0.4 is 15.0 Å². The second kappa shape index (κ2) is 10.1. The predicted molar refractivity (Wildman–Crippen MR) is 156 cm³/mol. The minimum absolute atomic E-state index is 0.0372. The highest BCUT2D eigenvalue weighted by molar-refractivity contribution is 9.10. The van der Waals surface area contributed by atoms with Crippen LogP contribution in [0, 0.1) is 19.3 Å². The molecule has 3 aliphatic carbocycles. The smallest absolute Gasteiger partial charge is 0.481 e. The van der Waals surface area contributed by atoms with Crippen LogP contribution in [0.25, 0.3) is 16.5 Å². The van der Waals surface area contributed by atoms with Crippen molar-refractivity contribution < 1.29 is 41.4 Å². The largest absolute Gasteiger partial charge is 0.573 e. The molecule has 0 unspecified atom stereocenters. The minimum atomic E-state index is -5.01. The fraction of sp³-hybridized carbons (Fsp3) is 0.387. The first kappa shape index (κ1) is 30.3. The molecule has 1 aromatic heterocycles. The molecular formula is C31H27BrF5N3O4. The molecule has 1 amide bonds. The van der Waals surface area contributed by atoms with E-state index in [-0.39, 0.29) is 48.2 Å². The van der Waals surface area contributed by atoms with Gasteiger partial charge in [0.2, 0.25) is 0 Å². The molecule has 7 rings (SSSR count). The van der Waals surface area contributed by atoms with Gasteiger partial charge in [0.25, 0.3) is 11.8 Å². The number of aryl methyl sites for hydroxylation is 1. The summed E-state index contributed by atoms with van der Waals surface area (Å²) in [5.74, 6) is -4.83. The number of carbonyl (C=O) groups is 2. The Kier molecular flexibility index (Phi) is 6.99. The van der Waals surface area contributed by atoms with Gasteiger partial charge in [-0.25, -0.2) is 13.8 Å². The van der Waals surface area contributed by atoms with Crippen molar-refractivity contribution in [3.05, 3.63) is 69.2 Å². The number of rotatable bonds is 6. The second-order valence-electron chi connectivity index (χ2n) is 11.9. The van der Waals surface area contributed by atoms with Crippen molar-refractivity contribution in [3.8, 4) is 5.75 Å². The number of aromatic nitrogens is 1. The summed E-state index contributed by atoms with van der Waals surface area (Å²) in [6, 6.07) is 9.20. The van der Waals surface area contributed by atoms with E-state index in [1.165, 1.54) is 29.2 Å². The zero-order valence-corrected chi connectivity index (χ0v) is 25.2. The third-order valence-electron chi connectivity index (χ3n) is 8.90. The van der Waals surface area contributed by atoms with E-state index in [2.05, 4.69) is 31.0 Å². The van der Waals surface area contributed by atoms with Gasteiger partial charge in [0, 0.05) is 21.0 Å². The van der Waals surface area contributed by atoms with E-state index in [1.807, 2.05) is 0 Å². The molecular weight excluding hydrogens is 653 g/mol. The maximum atomic E-state index is 14.3. The Bertz CT molecular complexity index is 1740. The topological polar surface area (TPSA) is 91.8 Å². The standard InChI is InChI=1S/C31H27BrF5N3O4/c1-16-3-6-23(44-31(35,36)37)19(11-16)21-13-28(27(42)43)7-9-29(21,10-8-28)39-26(41)24-17(2)25(40-14-30(33,34)15-40)38-22-5-4-18(32)12-20(22)24/h3-6,11-13H,7-10,14-15H2,1-2H3,(H,39,41)(H,42,43). The fourth-order valence-electron chi connectivity index (χ4n) is 6.68. The lowest BCUT2D eigenvalue weighted by Gasteiger charge is -2.51. The lowest BCUT2D eigenvalue weighted by molar-refractivity contribution is -0.274. The molecule has 0 radical (unpaired) electrons. The summed E-state index contributed by atoms with van der Waals surface area (Å²) >= 11 is 3.42. The van der Waals surface area contributed by atoms with Crippen LogP contribution in [-0.4, -0.2) is 52.9 Å². The normalized spacial score (nSPS) is 24.1. The quantitative estimate of drug-likeness (QED) is 0.268. The number of carbonyl (C=O) groups excluding carboxylic acids is 1. The summed E-state index contributed by atoms with van der Waals surface area (Å²) in [6.45, 7) is 2.21. The number of ether oxygens (including phenoxy) is 1. The molecule has 4 aliphatic rings. The van der Waals surface area contributed by atoms with Gasteiger partial charge in [-0.05, 0) is 75.4 Å². The van der Waals surface area contributed by atoms with E-state index >= 15 is 0 Å². The highest BCUT2D eigenvalue weighted by Crippen LogP contribution is 2.56. The lowest BCUT2D eigenvalue weighted by atomic mass is 9.57. The van der Waals surface area contributed by atoms with E-state index in [4.69, 9.17) is 0 Å². The van der Waals surface area contributed by atoms with Crippen LogP contribution in [0.4, 0.5) is 27.8 Å². The fourth-order valence-corrected chi connectivity index (χ4v) is 7.04. The van der Waals surface area contributed by atoms with Crippen LogP contribution in [0.5, 0.6) is 5.75 Å². The molecule has 0 atom stereocenters. The number of alkyl halides is 5. The zero-order valence-electron chi connectivity index (χ0n) is 23.6.